The maximum absolute atomic E-state index is 9.41. The van der Waals surface area contributed by atoms with E-state index in [-0.39, 0.29) is 5.92 Å². The maximum Gasteiger partial charge on any atom is 0.117 e. The zero-order valence-electron chi connectivity index (χ0n) is 12.5. The van der Waals surface area contributed by atoms with Gasteiger partial charge in [0.1, 0.15) is 11.8 Å². The van der Waals surface area contributed by atoms with Crippen molar-refractivity contribution in [2.75, 3.05) is 0 Å². The van der Waals surface area contributed by atoms with Crippen LogP contribution in [0, 0.1) is 17.2 Å². The fourth-order valence-corrected chi connectivity index (χ4v) is 3.13. The van der Waals surface area contributed by atoms with E-state index in [4.69, 9.17) is 0 Å². The van der Waals surface area contributed by atoms with Crippen molar-refractivity contribution in [3.05, 3.63) is 95.7 Å². The van der Waals surface area contributed by atoms with Crippen molar-refractivity contribution in [2.45, 2.75) is 12.5 Å². The van der Waals surface area contributed by atoms with E-state index in [1.54, 1.807) is 0 Å². The fourth-order valence-electron chi connectivity index (χ4n) is 3.13. The first kappa shape index (κ1) is 14.2. The highest BCUT2D eigenvalue weighted by Crippen LogP contribution is 2.39. The van der Waals surface area contributed by atoms with Crippen molar-refractivity contribution in [2.24, 2.45) is 5.92 Å². The summed E-state index contributed by atoms with van der Waals surface area (Å²) >= 11 is 0. The molecule has 1 N–H and O–H groups in total. The number of allylic oxidation sites excluding steroid dienone is 3. The van der Waals surface area contributed by atoms with Crippen LogP contribution in [0.3, 0.4) is 0 Å². The van der Waals surface area contributed by atoms with E-state index < -0.39 is 5.54 Å². The molecule has 108 valence electrons. The first-order chi connectivity index (χ1) is 10.8. The van der Waals surface area contributed by atoms with Crippen LogP contribution in [0.1, 0.15) is 18.1 Å². The second-order valence-corrected chi connectivity index (χ2v) is 5.53. The topological polar surface area (TPSA) is 35.8 Å². The Labute approximate surface area is 131 Å². The molecule has 1 atom stereocenters. The summed E-state index contributed by atoms with van der Waals surface area (Å²) < 4.78 is 0. The first-order valence-electron chi connectivity index (χ1n) is 7.45. The number of hydrogen-bond donors (Lipinski definition) is 1. The predicted octanol–water partition coefficient (Wildman–Crippen LogP) is 4.13. The van der Waals surface area contributed by atoms with Crippen LogP contribution >= 0.6 is 0 Å². The average Bonchev–Trinajstić information content (AvgIpc) is 2.76. The minimum atomic E-state index is -0.447. The van der Waals surface area contributed by atoms with Crippen LogP contribution in [0.4, 0.5) is 0 Å². The lowest BCUT2D eigenvalue weighted by molar-refractivity contribution is 0.357. The lowest BCUT2D eigenvalue weighted by Gasteiger charge is -2.40. The summed E-state index contributed by atoms with van der Waals surface area (Å²) in [7, 11) is 0. The van der Waals surface area contributed by atoms with Gasteiger partial charge in [0.25, 0.3) is 0 Å². The lowest BCUT2D eigenvalue weighted by Crippen LogP contribution is -2.47. The summed E-state index contributed by atoms with van der Waals surface area (Å²) in [6.07, 6.45) is 5.95. The smallest absolute Gasteiger partial charge is 0.117 e. The third-order valence-corrected chi connectivity index (χ3v) is 4.26. The van der Waals surface area contributed by atoms with Gasteiger partial charge in [-0.25, -0.2) is 0 Å². The van der Waals surface area contributed by atoms with Crippen LogP contribution in [0.5, 0.6) is 0 Å². The van der Waals surface area contributed by atoms with Gasteiger partial charge in [-0.3, -0.25) is 0 Å². The molecule has 1 unspecified atom stereocenters. The molecule has 1 aliphatic heterocycles. The van der Waals surface area contributed by atoms with Crippen LogP contribution in [0.25, 0.3) is 0 Å². The van der Waals surface area contributed by atoms with Gasteiger partial charge < -0.3 is 5.32 Å². The molecule has 2 nitrogen and oxygen atoms in total. The normalized spacial score (nSPS) is 19.5. The van der Waals surface area contributed by atoms with E-state index in [0.717, 1.165) is 11.1 Å². The van der Waals surface area contributed by atoms with E-state index in [2.05, 4.69) is 48.7 Å². The number of benzene rings is 2. The van der Waals surface area contributed by atoms with E-state index in [1.165, 1.54) is 0 Å². The van der Waals surface area contributed by atoms with E-state index in [1.807, 2.05) is 48.6 Å². The average molecular weight is 286 g/mol. The molecule has 1 aliphatic rings. The molecule has 22 heavy (non-hydrogen) atoms. The summed E-state index contributed by atoms with van der Waals surface area (Å²) in [4.78, 5) is 0. The molecule has 2 heteroatoms. The van der Waals surface area contributed by atoms with Crippen LogP contribution in [-0.2, 0) is 5.54 Å². The maximum atomic E-state index is 9.41. The molecule has 0 bridgehead atoms. The van der Waals surface area contributed by atoms with Crippen LogP contribution < -0.4 is 5.32 Å². The van der Waals surface area contributed by atoms with Gasteiger partial charge >= 0.3 is 0 Å². The first-order valence-corrected chi connectivity index (χ1v) is 7.45. The molecule has 0 aromatic heterocycles. The largest absolute Gasteiger partial charge is 0.362 e. The highest BCUT2D eigenvalue weighted by atomic mass is 15.0. The summed E-state index contributed by atoms with van der Waals surface area (Å²) in [5.41, 5.74) is 2.44. The fraction of sp³-hybridized carbons (Fsp3) is 0.150. The number of nitriles is 1. The highest BCUT2D eigenvalue weighted by molar-refractivity contribution is 5.45. The Hall–Kier alpha value is -2.79. The van der Waals surface area contributed by atoms with Gasteiger partial charge in [-0.15, -0.1) is 0 Å². The number of rotatable bonds is 2. The number of nitrogens with one attached hydrogen (secondary N) is 1. The van der Waals surface area contributed by atoms with Crippen molar-refractivity contribution in [1.29, 1.82) is 5.26 Å². The Morgan fingerprint density at radius 3 is 2.00 bits per heavy atom. The quantitative estimate of drug-likeness (QED) is 0.901. The molecule has 0 spiro atoms. The third kappa shape index (κ3) is 2.31. The van der Waals surface area contributed by atoms with Crippen molar-refractivity contribution in [1.82, 2.24) is 5.32 Å². The Kier molecular flexibility index (Phi) is 3.80. The summed E-state index contributed by atoms with van der Waals surface area (Å²) in [5, 5.41) is 12.9. The molecule has 3 rings (SSSR count). The van der Waals surface area contributed by atoms with Gasteiger partial charge in [-0.2, -0.15) is 5.26 Å². The highest BCUT2D eigenvalue weighted by Gasteiger charge is 2.39. The molecule has 0 aliphatic carbocycles. The molecule has 0 amide bonds. The Balaban J connectivity index is 2.26. The van der Waals surface area contributed by atoms with Gasteiger partial charge in [0, 0.05) is 5.92 Å². The molecule has 2 aromatic carbocycles. The standard InChI is InChI=1S/C20H18N2/c1-16-9-8-14-19(15-21)22-20(16,17-10-4-2-5-11-17)18-12-6-3-7-13-18/h2-14,16,22H,1H3. The number of hydrogen-bond acceptors (Lipinski definition) is 2. The number of nitrogens with zero attached hydrogens (tertiary/aromatic N) is 1. The van der Waals surface area contributed by atoms with Gasteiger partial charge in [0.05, 0.1) is 5.54 Å². The third-order valence-electron chi connectivity index (χ3n) is 4.26. The lowest BCUT2D eigenvalue weighted by atomic mass is 9.73. The molecule has 2 aromatic rings. The van der Waals surface area contributed by atoms with Crippen LogP contribution in [0.15, 0.2) is 84.6 Å². The van der Waals surface area contributed by atoms with Crippen molar-refractivity contribution in [3.8, 4) is 6.07 Å². The van der Waals surface area contributed by atoms with Gasteiger partial charge in [-0.1, -0.05) is 79.7 Å². The van der Waals surface area contributed by atoms with Crippen molar-refractivity contribution >= 4 is 0 Å². The summed E-state index contributed by atoms with van der Waals surface area (Å²) in [6.45, 7) is 2.18. The molecular formula is C20H18N2. The zero-order chi connectivity index (χ0) is 15.4. The van der Waals surface area contributed by atoms with E-state index >= 15 is 0 Å². The monoisotopic (exact) mass is 286 g/mol. The predicted molar refractivity (Wildman–Crippen MR) is 88.8 cm³/mol. The van der Waals surface area contributed by atoms with Gasteiger partial charge in [0.2, 0.25) is 0 Å². The molecule has 0 saturated heterocycles. The molecule has 0 fully saturated rings. The molecule has 1 heterocycles. The minimum Gasteiger partial charge on any atom is -0.362 e. The minimum absolute atomic E-state index is 0.194. The van der Waals surface area contributed by atoms with Crippen LogP contribution in [0.2, 0.25) is 0 Å². The SMILES string of the molecule is CC1C=CC=C(C#N)NC1(c1ccccc1)c1ccccc1. The van der Waals surface area contributed by atoms with Gasteiger partial charge in [0.15, 0.2) is 0 Å². The van der Waals surface area contributed by atoms with Crippen LogP contribution in [-0.4, -0.2) is 0 Å². The molecule has 0 saturated carbocycles. The van der Waals surface area contributed by atoms with E-state index in [0.29, 0.717) is 5.70 Å². The molecular weight excluding hydrogens is 268 g/mol. The van der Waals surface area contributed by atoms with Crippen molar-refractivity contribution < 1.29 is 0 Å². The van der Waals surface area contributed by atoms with E-state index in [9.17, 15) is 5.26 Å². The molecule has 0 radical (unpaired) electrons. The summed E-state index contributed by atoms with van der Waals surface area (Å²) in [6, 6.07) is 22.9. The Bertz CT molecular complexity index is 697. The van der Waals surface area contributed by atoms with Crippen molar-refractivity contribution in [3.63, 3.8) is 0 Å². The second-order valence-electron chi connectivity index (χ2n) is 5.53. The second kappa shape index (κ2) is 5.91. The van der Waals surface area contributed by atoms with Gasteiger partial charge in [-0.05, 0) is 17.2 Å². The summed E-state index contributed by atoms with van der Waals surface area (Å²) in [5.74, 6) is 0.194. The zero-order valence-corrected chi connectivity index (χ0v) is 12.5. The Morgan fingerprint density at radius 1 is 0.955 bits per heavy atom. The Morgan fingerprint density at radius 2 is 1.50 bits per heavy atom.